The van der Waals surface area contributed by atoms with Crippen LogP contribution < -0.4 is 5.32 Å². The lowest BCUT2D eigenvalue weighted by molar-refractivity contribution is 1.09. The molecule has 0 bridgehead atoms. The number of aromatic nitrogens is 2. The minimum atomic E-state index is 0.466. The fourth-order valence-corrected chi connectivity index (χ4v) is 2.28. The maximum Gasteiger partial charge on any atom is 0.152 e. The number of hydrogen-bond acceptors (Lipinski definition) is 4. The van der Waals surface area contributed by atoms with Crippen LogP contribution in [0, 0.1) is 6.92 Å². The van der Waals surface area contributed by atoms with Crippen molar-refractivity contribution in [1.82, 2.24) is 9.97 Å². The van der Waals surface area contributed by atoms with Gasteiger partial charge in [0.2, 0.25) is 0 Å². The molecular formula is C10H9Cl2N3S. The van der Waals surface area contributed by atoms with E-state index in [-0.39, 0.29) is 0 Å². The Morgan fingerprint density at radius 2 is 2.12 bits per heavy atom. The average molecular weight is 274 g/mol. The molecule has 2 aromatic heterocycles. The van der Waals surface area contributed by atoms with Gasteiger partial charge in [0, 0.05) is 6.20 Å². The molecule has 0 atom stereocenters. The molecule has 0 aliphatic carbocycles. The van der Waals surface area contributed by atoms with Crippen molar-refractivity contribution >= 4 is 40.2 Å². The van der Waals surface area contributed by atoms with Gasteiger partial charge in [0.1, 0.15) is 9.34 Å². The van der Waals surface area contributed by atoms with Crippen LogP contribution in [0.2, 0.25) is 9.49 Å². The maximum absolute atomic E-state index is 5.95. The van der Waals surface area contributed by atoms with Gasteiger partial charge in [-0.1, -0.05) is 23.2 Å². The molecule has 3 nitrogen and oxygen atoms in total. The lowest BCUT2D eigenvalue weighted by atomic mass is 10.3. The van der Waals surface area contributed by atoms with Gasteiger partial charge in [0.25, 0.3) is 0 Å². The number of pyridine rings is 1. The zero-order valence-corrected chi connectivity index (χ0v) is 10.8. The Morgan fingerprint density at radius 1 is 1.31 bits per heavy atom. The second-order valence-electron chi connectivity index (χ2n) is 3.26. The number of anilines is 1. The summed E-state index contributed by atoms with van der Waals surface area (Å²) in [6.07, 6.45) is 3.37. The summed E-state index contributed by atoms with van der Waals surface area (Å²) in [5, 5.41) is 4.56. The minimum Gasteiger partial charge on any atom is -0.376 e. The Kier molecular flexibility index (Phi) is 3.63. The van der Waals surface area contributed by atoms with Crippen molar-refractivity contribution in [3.05, 3.63) is 38.5 Å². The van der Waals surface area contributed by atoms with Crippen molar-refractivity contribution in [3.8, 4) is 0 Å². The van der Waals surface area contributed by atoms with Crippen LogP contribution in [0.3, 0.4) is 0 Å². The van der Waals surface area contributed by atoms with Crippen LogP contribution in [-0.4, -0.2) is 9.97 Å². The Balaban J connectivity index is 2.07. The van der Waals surface area contributed by atoms with Crippen LogP contribution in [0.1, 0.15) is 10.6 Å². The zero-order chi connectivity index (χ0) is 11.5. The van der Waals surface area contributed by atoms with Crippen molar-refractivity contribution in [2.24, 2.45) is 0 Å². The lowest BCUT2D eigenvalue weighted by Gasteiger charge is -2.06. The molecule has 0 aromatic carbocycles. The molecule has 0 amide bonds. The number of nitrogens with one attached hydrogen (secondary N) is 1. The number of nitrogens with zero attached hydrogens (tertiary/aromatic N) is 2. The fraction of sp³-hybridized carbons (Fsp3) is 0.200. The van der Waals surface area contributed by atoms with E-state index in [0.717, 1.165) is 16.3 Å². The molecule has 0 fully saturated rings. The van der Waals surface area contributed by atoms with Gasteiger partial charge >= 0.3 is 0 Å². The van der Waals surface area contributed by atoms with E-state index in [4.69, 9.17) is 23.2 Å². The molecule has 0 radical (unpaired) electrons. The van der Waals surface area contributed by atoms with E-state index < -0.39 is 0 Å². The first-order valence-corrected chi connectivity index (χ1v) is 6.18. The first-order chi connectivity index (χ1) is 7.65. The van der Waals surface area contributed by atoms with E-state index in [1.807, 2.05) is 13.0 Å². The number of aryl methyl sites for hydroxylation is 1. The number of thiazole rings is 1. The molecule has 2 aromatic rings. The topological polar surface area (TPSA) is 37.8 Å². The van der Waals surface area contributed by atoms with Crippen molar-refractivity contribution in [2.45, 2.75) is 13.5 Å². The average Bonchev–Trinajstić information content (AvgIpc) is 2.66. The predicted octanol–water partition coefficient (Wildman–Crippen LogP) is 3.77. The van der Waals surface area contributed by atoms with Gasteiger partial charge < -0.3 is 5.32 Å². The third-order valence-corrected chi connectivity index (χ3v) is 3.35. The van der Waals surface area contributed by atoms with E-state index in [1.165, 1.54) is 11.3 Å². The van der Waals surface area contributed by atoms with Crippen molar-refractivity contribution < 1.29 is 0 Å². The smallest absolute Gasteiger partial charge is 0.152 e. The second-order valence-corrected chi connectivity index (χ2v) is 5.37. The summed E-state index contributed by atoms with van der Waals surface area (Å²) < 4.78 is 0.685. The number of halogens is 2. The third kappa shape index (κ3) is 2.84. The minimum absolute atomic E-state index is 0.466. The molecule has 0 aliphatic rings. The molecule has 2 rings (SSSR count). The summed E-state index contributed by atoms with van der Waals surface area (Å²) >= 11 is 13.2. The highest BCUT2D eigenvalue weighted by atomic mass is 35.5. The normalized spacial score (nSPS) is 10.4. The third-order valence-electron chi connectivity index (χ3n) is 1.93. The molecule has 1 N–H and O–H groups in total. The highest BCUT2D eigenvalue weighted by molar-refractivity contribution is 7.15. The highest BCUT2D eigenvalue weighted by Crippen LogP contribution is 2.22. The molecular weight excluding hydrogens is 265 g/mol. The fourth-order valence-electron chi connectivity index (χ4n) is 1.22. The molecule has 16 heavy (non-hydrogen) atoms. The zero-order valence-electron chi connectivity index (χ0n) is 8.50. The van der Waals surface area contributed by atoms with Crippen LogP contribution in [0.4, 0.5) is 5.69 Å². The van der Waals surface area contributed by atoms with Gasteiger partial charge in [-0.2, -0.15) is 0 Å². The highest BCUT2D eigenvalue weighted by Gasteiger charge is 2.03. The lowest BCUT2D eigenvalue weighted by Crippen LogP contribution is -2.00. The summed E-state index contributed by atoms with van der Waals surface area (Å²) in [5.41, 5.74) is 1.87. The van der Waals surface area contributed by atoms with Gasteiger partial charge in [-0.25, -0.2) is 9.97 Å². The summed E-state index contributed by atoms with van der Waals surface area (Å²) in [6, 6.07) is 1.95. The van der Waals surface area contributed by atoms with Crippen LogP contribution in [0.25, 0.3) is 0 Å². The molecule has 0 aliphatic heterocycles. The van der Waals surface area contributed by atoms with Gasteiger partial charge in [-0.15, -0.1) is 11.3 Å². The quantitative estimate of drug-likeness (QED) is 0.866. The Labute approximate surface area is 107 Å². The SMILES string of the molecule is Cc1cnc(Cl)c(NCc2ncc(Cl)s2)c1. The predicted molar refractivity (Wildman–Crippen MR) is 68.4 cm³/mol. The van der Waals surface area contributed by atoms with Crippen LogP contribution in [0.15, 0.2) is 18.5 Å². The van der Waals surface area contributed by atoms with Crippen LogP contribution >= 0.6 is 34.5 Å². The van der Waals surface area contributed by atoms with Gasteiger partial charge in [-0.3, -0.25) is 0 Å². The number of hydrogen-bond donors (Lipinski definition) is 1. The largest absolute Gasteiger partial charge is 0.376 e. The van der Waals surface area contributed by atoms with E-state index in [0.29, 0.717) is 16.0 Å². The van der Waals surface area contributed by atoms with Crippen LogP contribution in [-0.2, 0) is 6.54 Å². The van der Waals surface area contributed by atoms with E-state index in [9.17, 15) is 0 Å². The van der Waals surface area contributed by atoms with Crippen molar-refractivity contribution in [1.29, 1.82) is 0 Å². The Hall–Kier alpha value is -0.840. The Morgan fingerprint density at radius 3 is 2.81 bits per heavy atom. The molecule has 0 saturated heterocycles. The van der Waals surface area contributed by atoms with Gasteiger partial charge in [-0.05, 0) is 18.6 Å². The second kappa shape index (κ2) is 4.99. The van der Waals surface area contributed by atoms with Crippen LogP contribution in [0.5, 0.6) is 0 Å². The molecule has 0 saturated carbocycles. The maximum atomic E-state index is 5.95. The van der Waals surface area contributed by atoms with Crippen molar-refractivity contribution in [2.75, 3.05) is 5.32 Å². The van der Waals surface area contributed by atoms with E-state index >= 15 is 0 Å². The summed E-state index contributed by atoms with van der Waals surface area (Å²) in [5.74, 6) is 0. The molecule has 84 valence electrons. The molecule has 2 heterocycles. The summed E-state index contributed by atoms with van der Waals surface area (Å²) in [7, 11) is 0. The van der Waals surface area contributed by atoms with Gasteiger partial charge in [0.15, 0.2) is 5.15 Å². The first-order valence-electron chi connectivity index (χ1n) is 4.61. The van der Waals surface area contributed by atoms with E-state index in [1.54, 1.807) is 12.4 Å². The van der Waals surface area contributed by atoms with E-state index in [2.05, 4.69) is 15.3 Å². The molecule has 0 unspecified atom stereocenters. The summed E-state index contributed by atoms with van der Waals surface area (Å²) in [6.45, 7) is 2.57. The molecule has 6 heteroatoms. The Bertz CT molecular complexity index is 499. The standard InChI is InChI=1S/C10H9Cl2N3S/c1-6-2-7(10(12)15-3-6)13-5-9-14-4-8(11)16-9/h2-4,13H,5H2,1H3. The monoisotopic (exact) mass is 273 g/mol. The number of rotatable bonds is 3. The van der Waals surface area contributed by atoms with Gasteiger partial charge in [0.05, 0.1) is 18.4 Å². The first kappa shape index (κ1) is 11.6. The molecule has 0 spiro atoms. The summed E-state index contributed by atoms with van der Waals surface area (Å²) in [4.78, 5) is 8.20. The van der Waals surface area contributed by atoms with Crippen molar-refractivity contribution in [3.63, 3.8) is 0 Å².